The first-order valence-corrected chi connectivity index (χ1v) is 7.17. The van der Waals surface area contributed by atoms with Crippen molar-refractivity contribution in [2.24, 2.45) is 5.73 Å². The van der Waals surface area contributed by atoms with Crippen LogP contribution in [0.1, 0.15) is 55.9 Å². The summed E-state index contributed by atoms with van der Waals surface area (Å²) in [5.74, 6) is -0.343. The van der Waals surface area contributed by atoms with Crippen molar-refractivity contribution < 1.29 is 9.53 Å². The van der Waals surface area contributed by atoms with Crippen molar-refractivity contribution in [1.82, 2.24) is 9.55 Å². The first-order chi connectivity index (χ1) is 9.27. The lowest BCUT2D eigenvalue weighted by Crippen LogP contribution is -2.09. The summed E-state index contributed by atoms with van der Waals surface area (Å²) >= 11 is 0. The number of hydrogen-bond donors (Lipinski definition) is 1. The van der Waals surface area contributed by atoms with Crippen molar-refractivity contribution >= 4 is 5.97 Å². The minimum atomic E-state index is -0.343. The highest BCUT2D eigenvalue weighted by Gasteiger charge is 2.10. The van der Waals surface area contributed by atoms with E-state index in [1.807, 2.05) is 0 Å². The molecule has 5 heteroatoms. The third kappa shape index (κ3) is 6.38. The Bertz CT molecular complexity index is 363. The van der Waals surface area contributed by atoms with Crippen molar-refractivity contribution in [2.75, 3.05) is 13.2 Å². The second-order valence-electron chi connectivity index (χ2n) is 4.69. The summed E-state index contributed by atoms with van der Waals surface area (Å²) in [6, 6.07) is 0. The predicted octanol–water partition coefficient (Wildman–Crippen LogP) is 2.36. The SMILES string of the molecule is CCCCCCCCOC(=O)c1cn(CCN)cn1. The van der Waals surface area contributed by atoms with Gasteiger partial charge in [0.2, 0.25) is 0 Å². The minimum absolute atomic E-state index is 0.343. The van der Waals surface area contributed by atoms with Crippen molar-refractivity contribution in [2.45, 2.75) is 52.0 Å². The van der Waals surface area contributed by atoms with E-state index in [4.69, 9.17) is 10.5 Å². The van der Waals surface area contributed by atoms with Gasteiger partial charge in [-0.2, -0.15) is 0 Å². The van der Waals surface area contributed by atoms with Gasteiger partial charge in [-0.1, -0.05) is 39.0 Å². The van der Waals surface area contributed by atoms with Crippen LogP contribution in [0, 0.1) is 0 Å². The van der Waals surface area contributed by atoms with E-state index >= 15 is 0 Å². The van der Waals surface area contributed by atoms with E-state index in [0.29, 0.717) is 25.4 Å². The third-order valence-electron chi connectivity index (χ3n) is 2.96. The molecule has 2 N–H and O–H groups in total. The highest BCUT2D eigenvalue weighted by Crippen LogP contribution is 2.06. The zero-order valence-electron chi connectivity index (χ0n) is 11.8. The first kappa shape index (κ1) is 15.7. The molecule has 0 aromatic carbocycles. The molecule has 0 unspecified atom stereocenters. The molecule has 0 aliphatic rings. The number of hydrogen-bond acceptors (Lipinski definition) is 4. The molecule has 1 rings (SSSR count). The number of nitrogens with zero attached hydrogens (tertiary/aromatic N) is 2. The zero-order valence-corrected chi connectivity index (χ0v) is 11.8. The van der Waals surface area contributed by atoms with Crippen LogP contribution in [-0.4, -0.2) is 28.7 Å². The van der Waals surface area contributed by atoms with Crippen LogP contribution in [0.4, 0.5) is 0 Å². The summed E-state index contributed by atoms with van der Waals surface area (Å²) in [7, 11) is 0. The Morgan fingerprint density at radius 2 is 2.05 bits per heavy atom. The summed E-state index contributed by atoms with van der Waals surface area (Å²) in [4.78, 5) is 15.7. The fourth-order valence-corrected chi connectivity index (χ4v) is 1.86. The lowest BCUT2D eigenvalue weighted by Gasteiger charge is -2.03. The zero-order chi connectivity index (χ0) is 13.9. The van der Waals surface area contributed by atoms with E-state index in [9.17, 15) is 4.79 Å². The maximum Gasteiger partial charge on any atom is 0.358 e. The fraction of sp³-hybridized carbons (Fsp3) is 0.714. The second-order valence-corrected chi connectivity index (χ2v) is 4.69. The smallest absolute Gasteiger partial charge is 0.358 e. The van der Waals surface area contributed by atoms with Crippen LogP contribution >= 0.6 is 0 Å². The van der Waals surface area contributed by atoms with Crippen LogP contribution in [0.25, 0.3) is 0 Å². The number of unbranched alkanes of at least 4 members (excludes halogenated alkanes) is 5. The van der Waals surface area contributed by atoms with Crippen LogP contribution in [0.2, 0.25) is 0 Å². The van der Waals surface area contributed by atoms with Crippen LogP contribution in [0.3, 0.4) is 0 Å². The average molecular weight is 267 g/mol. The quantitative estimate of drug-likeness (QED) is 0.522. The Labute approximate surface area is 115 Å². The van der Waals surface area contributed by atoms with Crippen molar-refractivity contribution in [3.8, 4) is 0 Å². The third-order valence-corrected chi connectivity index (χ3v) is 2.96. The van der Waals surface area contributed by atoms with Gasteiger partial charge in [0.1, 0.15) is 0 Å². The Kier molecular flexibility index (Phi) is 7.89. The lowest BCUT2D eigenvalue weighted by atomic mass is 10.1. The van der Waals surface area contributed by atoms with Crippen LogP contribution < -0.4 is 5.73 Å². The Morgan fingerprint density at radius 1 is 1.32 bits per heavy atom. The molecule has 0 bridgehead atoms. The van der Waals surface area contributed by atoms with Gasteiger partial charge in [-0.25, -0.2) is 9.78 Å². The molecule has 1 aromatic heterocycles. The monoisotopic (exact) mass is 267 g/mol. The maximum atomic E-state index is 11.7. The molecule has 19 heavy (non-hydrogen) atoms. The van der Waals surface area contributed by atoms with Crippen LogP contribution in [0.5, 0.6) is 0 Å². The molecule has 0 aliphatic heterocycles. The Morgan fingerprint density at radius 3 is 2.79 bits per heavy atom. The first-order valence-electron chi connectivity index (χ1n) is 7.17. The van der Waals surface area contributed by atoms with E-state index in [-0.39, 0.29) is 5.97 Å². The molecular formula is C14H25N3O2. The number of rotatable bonds is 10. The Hall–Kier alpha value is -1.36. The van der Waals surface area contributed by atoms with Gasteiger partial charge in [0.25, 0.3) is 0 Å². The normalized spacial score (nSPS) is 10.6. The largest absolute Gasteiger partial charge is 0.461 e. The van der Waals surface area contributed by atoms with E-state index < -0.39 is 0 Å². The van der Waals surface area contributed by atoms with Gasteiger partial charge in [0.05, 0.1) is 12.9 Å². The number of aromatic nitrogens is 2. The number of esters is 1. The average Bonchev–Trinajstić information content (AvgIpc) is 2.87. The summed E-state index contributed by atoms with van der Waals surface area (Å²) in [6.07, 6.45) is 10.4. The minimum Gasteiger partial charge on any atom is -0.461 e. The number of nitrogens with two attached hydrogens (primary N) is 1. The predicted molar refractivity (Wildman–Crippen MR) is 74.9 cm³/mol. The van der Waals surface area contributed by atoms with Gasteiger partial charge in [-0.05, 0) is 6.42 Å². The number of imidazole rings is 1. The summed E-state index contributed by atoms with van der Waals surface area (Å²) in [6.45, 7) is 3.88. The van der Waals surface area contributed by atoms with Crippen LogP contribution in [-0.2, 0) is 11.3 Å². The Balaban J connectivity index is 2.13. The number of carbonyl (C=O) groups is 1. The molecule has 1 aromatic rings. The molecule has 0 radical (unpaired) electrons. The second kappa shape index (κ2) is 9.55. The fourth-order valence-electron chi connectivity index (χ4n) is 1.86. The molecule has 5 nitrogen and oxygen atoms in total. The number of carbonyl (C=O) groups excluding carboxylic acids is 1. The molecule has 0 amide bonds. The van der Waals surface area contributed by atoms with Crippen LogP contribution in [0.15, 0.2) is 12.5 Å². The van der Waals surface area contributed by atoms with Gasteiger partial charge in [-0.3, -0.25) is 0 Å². The molecule has 0 aliphatic carbocycles. The summed E-state index contributed by atoms with van der Waals surface area (Å²) < 4.78 is 6.97. The maximum absolute atomic E-state index is 11.7. The molecular weight excluding hydrogens is 242 g/mol. The van der Waals surface area contributed by atoms with Gasteiger partial charge in [-0.15, -0.1) is 0 Å². The van der Waals surface area contributed by atoms with Gasteiger partial charge < -0.3 is 15.0 Å². The molecule has 0 saturated carbocycles. The van der Waals surface area contributed by atoms with Gasteiger partial charge in [0, 0.05) is 19.3 Å². The van der Waals surface area contributed by atoms with E-state index in [1.165, 1.54) is 25.7 Å². The van der Waals surface area contributed by atoms with Crippen molar-refractivity contribution in [3.05, 3.63) is 18.2 Å². The molecule has 0 spiro atoms. The number of ether oxygens (including phenoxy) is 1. The molecule has 0 fully saturated rings. The highest BCUT2D eigenvalue weighted by molar-refractivity contribution is 5.86. The molecule has 108 valence electrons. The topological polar surface area (TPSA) is 70.1 Å². The van der Waals surface area contributed by atoms with E-state index in [1.54, 1.807) is 17.1 Å². The van der Waals surface area contributed by atoms with E-state index in [0.717, 1.165) is 12.8 Å². The lowest BCUT2D eigenvalue weighted by molar-refractivity contribution is 0.0491. The van der Waals surface area contributed by atoms with Gasteiger partial charge in [0.15, 0.2) is 5.69 Å². The summed E-state index contributed by atoms with van der Waals surface area (Å²) in [5, 5.41) is 0. The van der Waals surface area contributed by atoms with Crippen molar-refractivity contribution in [3.63, 3.8) is 0 Å². The molecule has 1 heterocycles. The molecule has 0 atom stereocenters. The van der Waals surface area contributed by atoms with Crippen molar-refractivity contribution in [1.29, 1.82) is 0 Å². The van der Waals surface area contributed by atoms with Gasteiger partial charge >= 0.3 is 5.97 Å². The molecule has 0 saturated heterocycles. The summed E-state index contributed by atoms with van der Waals surface area (Å²) in [5.41, 5.74) is 5.79. The highest BCUT2D eigenvalue weighted by atomic mass is 16.5. The van der Waals surface area contributed by atoms with E-state index in [2.05, 4.69) is 11.9 Å². The standard InChI is InChI=1S/C14H25N3O2/c1-2-3-4-5-6-7-10-19-14(18)13-11-17(9-8-15)12-16-13/h11-12H,2-10,15H2,1H3.